The van der Waals surface area contributed by atoms with Crippen LogP contribution in [0.1, 0.15) is 177 Å². The number of carbonyl (C=O) groups excluding carboxylic acids is 1. The molecule has 1 aromatic carbocycles. The standard InChI is InChI=1S/C43H69N3O2/c1-12-42-17-16-29-23-31-25-33(31)43(13-2,21-19-41(11,18-20-42)27(3)22-28(42)4)32(24-29)30-14-15-34-35(26-30)45-37(44-34)36(39(5,6)7)46-38(47)48-40(8,9)10/h14-15,26-29,31-33,36H,12-13,16-25H2,1-11H3,(H,44,45)(H,46,47). The van der Waals surface area contributed by atoms with E-state index in [4.69, 9.17) is 9.72 Å². The Morgan fingerprint density at radius 1 is 0.958 bits per heavy atom. The molecule has 0 radical (unpaired) electrons. The molecule has 2 N–H and O–H groups in total. The van der Waals surface area contributed by atoms with Crippen LogP contribution in [0.2, 0.25) is 0 Å². The molecule has 5 nitrogen and oxygen atoms in total. The Labute approximate surface area is 292 Å². The largest absolute Gasteiger partial charge is 0.444 e. The third-order valence-electron chi connectivity index (χ3n) is 15.0. The molecule has 1 amide bonds. The van der Waals surface area contributed by atoms with Crippen LogP contribution in [0.15, 0.2) is 18.2 Å². The van der Waals surface area contributed by atoms with Crippen molar-refractivity contribution in [3.05, 3.63) is 29.6 Å². The summed E-state index contributed by atoms with van der Waals surface area (Å²) in [6.45, 7) is 25.1. The third kappa shape index (κ3) is 6.71. The zero-order valence-electron chi connectivity index (χ0n) is 32.5. The Morgan fingerprint density at radius 3 is 2.35 bits per heavy atom. The van der Waals surface area contributed by atoms with Gasteiger partial charge in [0.15, 0.2) is 0 Å². The fraction of sp³-hybridized carbons (Fsp3) is 0.814. The number of nitrogens with zero attached hydrogens (tertiary/aromatic N) is 1. The maximum Gasteiger partial charge on any atom is 0.408 e. The first kappa shape index (κ1) is 35.8. The van der Waals surface area contributed by atoms with Gasteiger partial charge in [-0.25, -0.2) is 9.78 Å². The molecule has 48 heavy (non-hydrogen) atoms. The molecular weight excluding hydrogens is 590 g/mol. The molecule has 4 aliphatic rings. The number of amides is 1. The highest BCUT2D eigenvalue weighted by Crippen LogP contribution is 2.68. The molecule has 0 spiro atoms. The Balaban J connectivity index is 1.38. The summed E-state index contributed by atoms with van der Waals surface area (Å²) in [5.74, 6) is 5.60. The molecule has 4 fully saturated rings. The van der Waals surface area contributed by atoms with Crippen molar-refractivity contribution in [2.75, 3.05) is 0 Å². The molecule has 2 aromatic rings. The molecular formula is C43H69N3O2. The van der Waals surface area contributed by atoms with Gasteiger partial charge in [-0.15, -0.1) is 0 Å². The first-order valence-electron chi connectivity index (χ1n) is 19.9. The molecule has 4 saturated carbocycles. The second kappa shape index (κ2) is 12.6. The van der Waals surface area contributed by atoms with Crippen molar-refractivity contribution >= 4 is 17.1 Å². The maximum absolute atomic E-state index is 12.9. The molecule has 1 aromatic heterocycles. The Hall–Kier alpha value is -2.04. The second-order valence-electron chi connectivity index (χ2n) is 19.9. The van der Waals surface area contributed by atoms with Crippen LogP contribution in [-0.2, 0) is 4.74 Å². The number of alkyl carbamates (subject to hydrolysis) is 1. The number of hydrogen-bond donors (Lipinski definition) is 2. The number of hydrogen-bond acceptors (Lipinski definition) is 3. The minimum atomic E-state index is -0.555. The van der Waals surface area contributed by atoms with E-state index in [0.29, 0.717) is 22.2 Å². The van der Waals surface area contributed by atoms with E-state index in [1.165, 1.54) is 82.6 Å². The molecule has 10 atom stereocenters. The van der Waals surface area contributed by atoms with E-state index in [1.54, 1.807) is 0 Å². The van der Waals surface area contributed by atoms with E-state index in [0.717, 1.165) is 46.4 Å². The van der Waals surface area contributed by atoms with E-state index in [1.807, 2.05) is 20.8 Å². The number of nitrogens with one attached hydrogen (secondary N) is 2. The van der Waals surface area contributed by atoms with Gasteiger partial charge in [0.1, 0.15) is 11.4 Å². The lowest BCUT2D eigenvalue weighted by Crippen LogP contribution is -2.40. The summed E-state index contributed by atoms with van der Waals surface area (Å²) >= 11 is 0. The predicted octanol–water partition coefficient (Wildman–Crippen LogP) is 12.1. The molecule has 10 unspecified atom stereocenters. The van der Waals surface area contributed by atoms with Crippen molar-refractivity contribution in [1.29, 1.82) is 0 Å². The number of aromatic nitrogens is 2. The highest BCUT2D eigenvalue weighted by Gasteiger charge is 2.59. The summed E-state index contributed by atoms with van der Waals surface area (Å²) in [6.07, 6.45) is 16.3. The molecule has 0 aliphatic heterocycles. The van der Waals surface area contributed by atoms with Crippen molar-refractivity contribution in [2.45, 2.75) is 171 Å². The Morgan fingerprint density at radius 2 is 1.69 bits per heavy atom. The summed E-state index contributed by atoms with van der Waals surface area (Å²) in [6, 6.07) is 6.85. The quantitative estimate of drug-likeness (QED) is 0.336. The van der Waals surface area contributed by atoms with Gasteiger partial charge in [0.05, 0.1) is 17.1 Å². The minimum absolute atomic E-state index is 0.246. The Bertz CT molecular complexity index is 1460. The molecule has 6 rings (SSSR count). The number of H-pyrrole nitrogens is 1. The second-order valence-corrected chi connectivity index (χ2v) is 19.9. The number of imidazole rings is 1. The van der Waals surface area contributed by atoms with Gasteiger partial charge in [-0.3, -0.25) is 0 Å². The van der Waals surface area contributed by atoms with E-state index < -0.39 is 11.7 Å². The van der Waals surface area contributed by atoms with Crippen molar-refractivity contribution in [3.63, 3.8) is 0 Å². The molecule has 5 heteroatoms. The average molecular weight is 660 g/mol. The lowest BCUT2D eigenvalue weighted by Gasteiger charge is -2.46. The van der Waals surface area contributed by atoms with Crippen LogP contribution < -0.4 is 5.32 Å². The van der Waals surface area contributed by atoms with Crippen molar-refractivity contribution in [1.82, 2.24) is 15.3 Å². The fourth-order valence-corrected chi connectivity index (χ4v) is 11.4. The SMILES string of the molecule is CCC12CCC3CC4CC4C(CC)(CCC(C)(CC1)C(C)CC2C)C(c1ccc2nc(C(NC(=O)OC(C)(C)C)C(C)(C)C)[nH]c2c1)C3. The van der Waals surface area contributed by atoms with Gasteiger partial charge < -0.3 is 15.0 Å². The molecule has 0 saturated heterocycles. The first-order chi connectivity index (χ1) is 22.4. The van der Waals surface area contributed by atoms with Crippen LogP contribution in [0, 0.1) is 51.2 Å². The van der Waals surface area contributed by atoms with Crippen LogP contribution in [0.5, 0.6) is 0 Å². The lowest BCUT2D eigenvalue weighted by molar-refractivity contribution is 0.0458. The van der Waals surface area contributed by atoms with Gasteiger partial charge >= 0.3 is 6.09 Å². The summed E-state index contributed by atoms with van der Waals surface area (Å²) in [7, 11) is 0. The normalized spacial score (nSPS) is 37.9. The van der Waals surface area contributed by atoms with Crippen LogP contribution in [0.4, 0.5) is 4.79 Å². The molecule has 268 valence electrons. The van der Waals surface area contributed by atoms with Crippen LogP contribution >= 0.6 is 0 Å². The molecule has 4 bridgehead atoms. The summed E-state index contributed by atoms with van der Waals surface area (Å²) in [5, 5.41) is 3.15. The van der Waals surface area contributed by atoms with Crippen LogP contribution in [0.25, 0.3) is 11.0 Å². The number of aromatic amines is 1. The third-order valence-corrected chi connectivity index (χ3v) is 15.0. The number of ether oxygens (including phenoxy) is 1. The summed E-state index contributed by atoms with van der Waals surface area (Å²) in [4.78, 5) is 21.7. The van der Waals surface area contributed by atoms with Crippen LogP contribution in [0.3, 0.4) is 0 Å². The van der Waals surface area contributed by atoms with Crippen LogP contribution in [-0.4, -0.2) is 21.7 Å². The van der Waals surface area contributed by atoms with Crippen molar-refractivity contribution < 1.29 is 9.53 Å². The fourth-order valence-electron chi connectivity index (χ4n) is 11.4. The summed E-state index contributed by atoms with van der Waals surface area (Å²) in [5.41, 5.74) is 4.10. The average Bonchev–Trinajstić information content (AvgIpc) is 3.68. The van der Waals surface area contributed by atoms with E-state index in [2.05, 4.69) is 83.9 Å². The number of carbonyl (C=O) groups is 1. The van der Waals surface area contributed by atoms with Crippen molar-refractivity contribution in [3.8, 4) is 0 Å². The number of fused-ring (bicyclic) bond motifs is 9. The van der Waals surface area contributed by atoms with Crippen molar-refractivity contribution in [2.24, 2.45) is 51.2 Å². The topological polar surface area (TPSA) is 67.0 Å². The zero-order chi connectivity index (χ0) is 34.9. The number of rotatable bonds is 5. The Kier molecular flexibility index (Phi) is 9.41. The smallest absolute Gasteiger partial charge is 0.408 e. The highest BCUT2D eigenvalue weighted by molar-refractivity contribution is 5.76. The number of benzene rings is 1. The summed E-state index contributed by atoms with van der Waals surface area (Å²) < 4.78 is 5.66. The zero-order valence-corrected chi connectivity index (χ0v) is 32.5. The van der Waals surface area contributed by atoms with Gasteiger partial charge in [-0.1, -0.05) is 67.9 Å². The van der Waals surface area contributed by atoms with Gasteiger partial charge in [0.2, 0.25) is 0 Å². The van der Waals surface area contributed by atoms with E-state index in [9.17, 15) is 4.79 Å². The van der Waals surface area contributed by atoms with Gasteiger partial charge in [0.25, 0.3) is 0 Å². The first-order valence-corrected chi connectivity index (χ1v) is 19.9. The van der Waals surface area contributed by atoms with E-state index in [-0.39, 0.29) is 11.5 Å². The van der Waals surface area contributed by atoms with Gasteiger partial charge in [-0.05, 0) is 166 Å². The monoisotopic (exact) mass is 660 g/mol. The predicted molar refractivity (Wildman–Crippen MR) is 199 cm³/mol. The highest BCUT2D eigenvalue weighted by atomic mass is 16.6. The maximum atomic E-state index is 12.9. The van der Waals surface area contributed by atoms with Gasteiger partial charge in [0, 0.05) is 0 Å². The molecule has 4 aliphatic carbocycles. The van der Waals surface area contributed by atoms with E-state index >= 15 is 0 Å². The lowest BCUT2D eigenvalue weighted by atomic mass is 9.59. The van der Waals surface area contributed by atoms with Gasteiger partial charge in [-0.2, -0.15) is 0 Å². The molecule has 1 heterocycles. The minimum Gasteiger partial charge on any atom is -0.444 e.